The van der Waals surface area contributed by atoms with Gasteiger partial charge in [-0.15, -0.1) is 0 Å². The molecular weight excluding hydrogens is 286 g/mol. The molecule has 0 bridgehead atoms. The lowest BCUT2D eigenvalue weighted by Crippen LogP contribution is -2.29. The lowest BCUT2D eigenvalue weighted by Gasteiger charge is -2.24. The average Bonchev–Trinajstić information content (AvgIpc) is 2.54. The van der Waals surface area contributed by atoms with Gasteiger partial charge in [-0.3, -0.25) is 0 Å². The minimum atomic E-state index is -3.53. The van der Waals surface area contributed by atoms with Crippen LogP contribution in [0.5, 0.6) is 5.75 Å². The van der Waals surface area contributed by atoms with Crippen LogP contribution in [0.15, 0.2) is 59.5 Å². The van der Waals surface area contributed by atoms with Crippen molar-refractivity contribution in [2.75, 3.05) is 14.2 Å². The highest BCUT2D eigenvalue weighted by molar-refractivity contribution is 7.89. The van der Waals surface area contributed by atoms with Gasteiger partial charge in [0.1, 0.15) is 5.75 Å². The topological polar surface area (TPSA) is 46.6 Å². The van der Waals surface area contributed by atoms with Crippen molar-refractivity contribution in [1.29, 1.82) is 0 Å². The first-order valence-electron chi connectivity index (χ1n) is 6.64. The van der Waals surface area contributed by atoms with Crippen molar-refractivity contribution in [2.45, 2.75) is 17.9 Å². The van der Waals surface area contributed by atoms with E-state index in [9.17, 15) is 8.42 Å². The van der Waals surface area contributed by atoms with Gasteiger partial charge in [0.15, 0.2) is 0 Å². The quantitative estimate of drug-likeness (QED) is 0.853. The van der Waals surface area contributed by atoms with Gasteiger partial charge in [0.25, 0.3) is 0 Å². The Balaban J connectivity index is 2.29. The van der Waals surface area contributed by atoms with Crippen LogP contribution in [0.3, 0.4) is 0 Å². The molecule has 0 spiro atoms. The normalized spacial score (nSPS) is 13.1. The summed E-state index contributed by atoms with van der Waals surface area (Å²) in [7, 11) is -0.390. The summed E-state index contributed by atoms with van der Waals surface area (Å²) in [5, 5.41) is 0. The molecule has 112 valence electrons. The third-order valence-electron chi connectivity index (χ3n) is 3.56. The lowest BCUT2D eigenvalue weighted by atomic mass is 10.1. The fourth-order valence-electron chi connectivity index (χ4n) is 2.06. The minimum Gasteiger partial charge on any atom is -0.497 e. The van der Waals surface area contributed by atoms with Crippen LogP contribution in [0, 0.1) is 0 Å². The lowest BCUT2D eigenvalue weighted by molar-refractivity contribution is 0.398. The summed E-state index contributed by atoms with van der Waals surface area (Å²) in [6, 6.07) is 15.7. The van der Waals surface area contributed by atoms with E-state index in [0.717, 1.165) is 5.56 Å². The standard InChI is InChI=1S/C16H19NO3S/c1-13(14-7-5-4-6-8-14)17(2)21(18,19)16-11-9-15(20-3)10-12-16/h4-13H,1-3H3/t13-/m1/s1. The molecule has 0 aliphatic heterocycles. The van der Waals surface area contributed by atoms with E-state index in [4.69, 9.17) is 4.74 Å². The molecule has 0 fully saturated rings. The van der Waals surface area contributed by atoms with Crippen molar-refractivity contribution in [2.24, 2.45) is 0 Å². The summed E-state index contributed by atoms with van der Waals surface area (Å²) < 4.78 is 31.7. The molecule has 0 N–H and O–H groups in total. The molecule has 0 unspecified atom stereocenters. The fraction of sp³-hybridized carbons (Fsp3) is 0.250. The molecule has 0 saturated heterocycles. The first-order chi connectivity index (χ1) is 9.96. The third-order valence-corrected chi connectivity index (χ3v) is 5.51. The molecule has 2 aromatic rings. The molecule has 0 saturated carbocycles. The van der Waals surface area contributed by atoms with Gasteiger partial charge < -0.3 is 4.74 Å². The van der Waals surface area contributed by atoms with Crippen molar-refractivity contribution >= 4 is 10.0 Å². The van der Waals surface area contributed by atoms with Gasteiger partial charge in [0.05, 0.1) is 12.0 Å². The summed E-state index contributed by atoms with van der Waals surface area (Å²) in [6.45, 7) is 1.87. The molecule has 0 aromatic heterocycles. The molecule has 21 heavy (non-hydrogen) atoms. The first-order valence-corrected chi connectivity index (χ1v) is 8.08. The molecule has 0 aliphatic rings. The van der Waals surface area contributed by atoms with Crippen molar-refractivity contribution in [3.63, 3.8) is 0 Å². The highest BCUT2D eigenvalue weighted by atomic mass is 32.2. The van der Waals surface area contributed by atoms with E-state index in [0.29, 0.717) is 5.75 Å². The van der Waals surface area contributed by atoms with Crippen LogP contribution in [0.25, 0.3) is 0 Å². The maximum Gasteiger partial charge on any atom is 0.243 e. The Bertz CT molecular complexity index is 681. The first kappa shape index (κ1) is 15.5. The van der Waals surface area contributed by atoms with E-state index in [1.165, 1.54) is 4.31 Å². The van der Waals surface area contributed by atoms with Crippen molar-refractivity contribution < 1.29 is 13.2 Å². The second-order valence-electron chi connectivity index (χ2n) is 4.78. The zero-order valence-corrected chi connectivity index (χ0v) is 13.2. The van der Waals surface area contributed by atoms with Crippen LogP contribution in [0.1, 0.15) is 18.5 Å². The number of methoxy groups -OCH3 is 1. The van der Waals surface area contributed by atoms with E-state index in [-0.39, 0.29) is 10.9 Å². The second kappa shape index (κ2) is 6.28. The molecule has 5 heteroatoms. The molecule has 0 aliphatic carbocycles. The molecule has 2 aromatic carbocycles. The number of hydrogen-bond donors (Lipinski definition) is 0. The zero-order chi connectivity index (χ0) is 15.5. The molecule has 4 nitrogen and oxygen atoms in total. The number of sulfonamides is 1. The van der Waals surface area contributed by atoms with Crippen LogP contribution < -0.4 is 4.74 Å². The molecule has 0 amide bonds. The molecule has 0 heterocycles. The third kappa shape index (κ3) is 3.25. The van der Waals surface area contributed by atoms with Crippen LogP contribution in [0.2, 0.25) is 0 Å². The summed E-state index contributed by atoms with van der Waals surface area (Å²) in [5.74, 6) is 0.632. The van der Waals surface area contributed by atoms with E-state index >= 15 is 0 Å². The Morgan fingerprint density at radius 3 is 2.10 bits per heavy atom. The van der Waals surface area contributed by atoms with Gasteiger partial charge in [0, 0.05) is 13.1 Å². The molecule has 0 radical (unpaired) electrons. The number of benzene rings is 2. The zero-order valence-electron chi connectivity index (χ0n) is 12.4. The average molecular weight is 305 g/mol. The number of nitrogens with zero attached hydrogens (tertiary/aromatic N) is 1. The molecular formula is C16H19NO3S. The Kier molecular flexibility index (Phi) is 4.65. The summed E-state index contributed by atoms with van der Waals surface area (Å²) in [4.78, 5) is 0.258. The van der Waals surface area contributed by atoms with Gasteiger partial charge in [0.2, 0.25) is 10.0 Å². The van der Waals surface area contributed by atoms with Gasteiger partial charge >= 0.3 is 0 Å². The highest BCUT2D eigenvalue weighted by Crippen LogP contribution is 2.26. The largest absolute Gasteiger partial charge is 0.497 e. The van der Waals surface area contributed by atoms with Crippen molar-refractivity contribution in [3.8, 4) is 5.75 Å². The van der Waals surface area contributed by atoms with E-state index in [2.05, 4.69) is 0 Å². The Hall–Kier alpha value is -1.85. The predicted octanol–water partition coefficient (Wildman–Crippen LogP) is 3.08. The van der Waals surface area contributed by atoms with Crippen molar-refractivity contribution in [1.82, 2.24) is 4.31 Å². The van der Waals surface area contributed by atoms with E-state index in [1.807, 2.05) is 37.3 Å². The maximum absolute atomic E-state index is 12.6. The molecule has 1 atom stereocenters. The predicted molar refractivity (Wildman–Crippen MR) is 82.8 cm³/mol. The van der Waals surface area contributed by atoms with E-state index < -0.39 is 10.0 Å². The Morgan fingerprint density at radius 1 is 1.00 bits per heavy atom. The second-order valence-corrected chi connectivity index (χ2v) is 6.78. The highest BCUT2D eigenvalue weighted by Gasteiger charge is 2.26. The monoisotopic (exact) mass is 305 g/mol. The Labute approximate surface area is 126 Å². The maximum atomic E-state index is 12.6. The summed E-state index contributed by atoms with van der Waals surface area (Å²) in [6.07, 6.45) is 0. The van der Waals surface area contributed by atoms with Gasteiger partial charge in [-0.1, -0.05) is 30.3 Å². The van der Waals surface area contributed by atoms with Crippen molar-refractivity contribution in [3.05, 3.63) is 60.2 Å². The van der Waals surface area contributed by atoms with Crippen LogP contribution in [0.4, 0.5) is 0 Å². The minimum absolute atomic E-state index is 0.238. The molecule has 2 rings (SSSR count). The summed E-state index contributed by atoms with van der Waals surface area (Å²) in [5.41, 5.74) is 0.956. The number of rotatable bonds is 5. The van der Waals surface area contributed by atoms with E-state index in [1.54, 1.807) is 38.4 Å². The van der Waals surface area contributed by atoms with Gasteiger partial charge in [-0.25, -0.2) is 8.42 Å². The number of ether oxygens (including phenoxy) is 1. The SMILES string of the molecule is COc1ccc(S(=O)(=O)N(C)[C@H](C)c2ccccc2)cc1. The van der Waals surface area contributed by atoms with Gasteiger partial charge in [-0.05, 0) is 36.8 Å². The fourth-order valence-corrected chi connectivity index (χ4v) is 3.41. The van der Waals surface area contributed by atoms with Crippen LogP contribution in [-0.4, -0.2) is 26.9 Å². The van der Waals surface area contributed by atoms with Crippen LogP contribution >= 0.6 is 0 Å². The smallest absolute Gasteiger partial charge is 0.243 e. The Morgan fingerprint density at radius 2 is 1.57 bits per heavy atom. The number of hydrogen-bond acceptors (Lipinski definition) is 3. The van der Waals surface area contributed by atoms with Gasteiger partial charge in [-0.2, -0.15) is 4.31 Å². The van der Waals surface area contributed by atoms with Crippen LogP contribution in [-0.2, 0) is 10.0 Å². The summed E-state index contributed by atoms with van der Waals surface area (Å²) >= 11 is 0.